The number of carboxylic acid groups (broad SMARTS) is 1. The molecule has 0 unspecified atom stereocenters. The molecule has 1 N–H and O–H groups in total. The molecule has 0 saturated carbocycles. The van der Waals surface area contributed by atoms with Gasteiger partial charge in [-0.25, -0.2) is 4.79 Å². The van der Waals surface area contributed by atoms with Gasteiger partial charge in [-0.05, 0) is 42.4 Å². The number of aromatic nitrogens is 2. The zero-order valence-electron chi connectivity index (χ0n) is 8.38. The van der Waals surface area contributed by atoms with Gasteiger partial charge in [0.15, 0.2) is 5.09 Å². The third kappa shape index (κ3) is 2.40. The normalized spacial score (nSPS) is 10.3. The number of aromatic carboxylic acids is 1. The van der Waals surface area contributed by atoms with Crippen molar-refractivity contribution >= 4 is 17.7 Å². The van der Waals surface area contributed by atoms with Gasteiger partial charge in [0.05, 0.1) is 6.20 Å². The maximum absolute atomic E-state index is 10.6. The predicted molar refractivity (Wildman–Crippen MR) is 56.6 cm³/mol. The molecule has 2 heterocycles. The Kier molecular flexibility index (Phi) is 2.91. The van der Waals surface area contributed by atoms with Crippen molar-refractivity contribution in [2.24, 2.45) is 0 Å². The lowest BCUT2D eigenvalue weighted by Gasteiger charge is -1.96. The van der Waals surface area contributed by atoms with Crippen LogP contribution in [0.25, 0.3) is 0 Å². The SMILES string of the molecule is Cc1cnnc(Sc2ccc(C(=O)O)o2)c1. The van der Waals surface area contributed by atoms with E-state index < -0.39 is 5.97 Å². The van der Waals surface area contributed by atoms with Crippen molar-refractivity contribution in [3.05, 3.63) is 35.7 Å². The van der Waals surface area contributed by atoms with Gasteiger partial charge in [-0.2, -0.15) is 5.10 Å². The quantitative estimate of drug-likeness (QED) is 0.880. The summed E-state index contributed by atoms with van der Waals surface area (Å²) in [7, 11) is 0. The van der Waals surface area contributed by atoms with Crippen molar-refractivity contribution in [1.82, 2.24) is 10.2 Å². The minimum Gasteiger partial charge on any atom is -0.475 e. The topological polar surface area (TPSA) is 76.2 Å². The van der Waals surface area contributed by atoms with Gasteiger partial charge in [0.2, 0.25) is 5.76 Å². The molecule has 0 saturated heterocycles. The largest absolute Gasteiger partial charge is 0.475 e. The first kappa shape index (κ1) is 10.7. The van der Waals surface area contributed by atoms with Crippen molar-refractivity contribution in [3.63, 3.8) is 0 Å². The molecule has 0 amide bonds. The van der Waals surface area contributed by atoms with Gasteiger partial charge in [0.1, 0.15) is 5.03 Å². The van der Waals surface area contributed by atoms with Gasteiger partial charge >= 0.3 is 5.97 Å². The van der Waals surface area contributed by atoms with E-state index in [1.54, 1.807) is 12.3 Å². The molecule has 0 aliphatic rings. The van der Waals surface area contributed by atoms with Crippen molar-refractivity contribution < 1.29 is 14.3 Å². The molecular formula is C10H8N2O3S. The minimum absolute atomic E-state index is 0.0805. The van der Waals surface area contributed by atoms with Crippen LogP contribution in [-0.4, -0.2) is 21.3 Å². The van der Waals surface area contributed by atoms with Gasteiger partial charge in [-0.15, -0.1) is 5.10 Å². The van der Waals surface area contributed by atoms with Crippen LogP contribution in [0, 0.1) is 6.92 Å². The Hall–Kier alpha value is -1.82. The number of carboxylic acids is 1. The van der Waals surface area contributed by atoms with Crippen LogP contribution in [0.1, 0.15) is 16.1 Å². The Balaban J connectivity index is 2.17. The number of carbonyl (C=O) groups is 1. The summed E-state index contributed by atoms with van der Waals surface area (Å²) >= 11 is 1.24. The van der Waals surface area contributed by atoms with Crippen LogP contribution in [-0.2, 0) is 0 Å². The second-order valence-corrected chi connectivity index (χ2v) is 4.12. The molecule has 0 spiro atoms. The number of hydrogen-bond donors (Lipinski definition) is 1. The van der Waals surface area contributed by atoms with Crippen molar-refractivity contribution in [2.75, 3.05) is 0 Å². The van der Waals surface area contributed by atoms with Gasteiger partial charge in [0, 0.05) is 0 Å². The van der Waals surface area contributed by atoms with E-state index in [9.17, 15) is 4.79 Å². The molecule has 0 bridgehead atoms. The summed E-state index contributed by atoms with van der Waals surface area (Å²) in [5, 5.41) is 17.5. The molecule has 0 aliphatic carbocycles. The van der Waals surface area contributed by atoms with E-state index in [1.165, 1.54) is 17.8 Å². The van der Waals surface area contributed by atoms with E-state index in [2.05, 4.69) is 10.2 Å². The highest BCUT2D eigenvalue weighted by molar-refractivity contribution is 7.99. The van der Waals surface area contributed by atoms with Crippen LogP contribution in [0.4, 0.5) is 0 Å². The maximum atomic E-state index is 10.6. The van der Waals surface area contributed by atoms with Crippen LogP contribution in [0.15, 0.2) is 38.9 Å². The zero-order valence-corrected chi connectivity index (χ0v) is 9.19. The molecule has 0 fully saturated rings. The number of rotatable bonds is 3. The fourth-order valence-corrected chi connectivity index (χ4v) is 1.89. The lowest BCUT2D eigenvalue weighted by molar-refractivity contribution is 0.0656. The molecule has 16 heavy (non-hydrogen) atoms. The van der Waals surface area contributed by atoms with E-state index in [1.807, 2.05) is 13.0 Å². The molecule has 0 atom stereocenters. The summed E-state index contributed by atoms with van der Waals surface area (Å²) in [6.45, 7) is 1.91. The Morgan fingerprint density at radius 2 is 2.31 bits per heavy atom. The van der Waals surface area contributed by atoms with Crippen LogP contribution in [0.5, 0.6) is 0 Å². The van der Waals surface area contributed by atoms with Crippen LogP contribution < -0.4 is 0 Å². The highest BCUT2D eigenvalue weighted by Crippen LogP contribution is 2.27. The van der Waals surface area contributed by atoms with Crippen LogP contribution in [0.2, 0.25) is 0 Å². The molecule has 2 aromatic heterocycles. The molecule has 2 rings (SSSR count). The second-order valence-electron chi connectivity index (χ2n) is 3.10. The first-order valence-corrected chi connectivity index (χ1v) is 5.27. The summed E-state index contributed by atoms with van der Waals surface area (Å²) in [5.74, 6) is -1.16. The fraction of sp³-hybridized carbons (Fsp3) is 0.100. The summed E-state index contributed by atoms with van der Waals surface area (Å²) in [4.78, 5) is 10.6. The Labute approximate surface area is 95.5 Å². The molecule has 82 valence electrons. The predicted octanol–water partition coefficient (Wildman–Crippen LogP) is 2.23. The summed E-state index contributed by atoms with van der Waals surface area (Å²) in [5.41, 5.74) is 0.988. The lowest BCUT2D eigenvalue weighted by Crippen LogP contribution is -1.91. The summed E-state index contributed by atoms with van der Waals surface area (Å²) in [6, 6.07) is 4.85. The first-order valence-electron chi connectivity index (χ1n) is 4.45. The summed E-state index contributed by atoms with van der Waals surface area (Å²) in [6.07, 6.45) is 1.65. The van der Waals surface area contributed by atoms with Gasteiger partial charge in [-0.3, -0.25) is 0 Å². The maximum Gasteiger partial charge on any atom is 0.371 e. The first-order chi connectivity index (χ1) is 7.65. The molecule has 5 nitrogen and oxygen atoms in total. The molecular weight excluding hydrogens is 228 g/mol. The van der Waals surface area contributed by atoms with Gasteiger partial charge < -0.3 is 9.52 Å². The van der Waals surface area contributed by atoms with E-state index in [4.69, 9.17) is 9.52 Å². The fourth-order valence-electron chi connectivity index (χ4n) is 1.08. The zero-order chi connectivity index (χ0) is 11.5. The monoisotopic (exact) mass is 236 g/mol. The highest BCUT2D eigenvalue weighted by Gasteiger charge is 2.10. The number of furan rings is 1. The van der Waals surface area contributed by atoms with Gasteiger partial charge in [0.25, 0.3) is 0 Å². The minimum atomic E-state index is -1.08. The third-order valence-electron chi connectivity index (χ3n) is 1.77. The molecule has 6 heteroatoms. The van der Waals surface area contributed by atoms with Crippen LogP contribution >= 0.6 is 11.8 Å². The van der Waals surface area contributed by atoms with E-state index >= 15 is 0 Å². The molecule has 0 aliphatic heterocycles. The highest BCUT2D eigenvalue weighted by atomic mass is 32.2. The Bertz CT molecular complexity index is 524. The Morgan fingerprint density at radius 1 is 1.50 bits per heavy atom. The lowest BCUT2D eigenvalue weighted by atomic mass is 10.4. The molecule has 2 aromatic rings. The van der Waals surface area contributed by atoms with Crippen molar-refractivity contribution in [1.29, 1.82) is 0 Å². The third-order valence-corrected chi connectivity index (χ3v) is 2.60. The van der Waals surface area contributed by atoms with Crippen molar-refractivity contribution in [3.8, 4) is 0 Å². The van der Waals surface area contributed by atoms with Crippen LogP contribution in [0.3, 0.4) is 0 Å². The van der Waals surface area contributed by atoms with E-state index in [0.717, 1.165) is 5.56 Å². The molecule has 0 aromatic carbocycles. The molecule has 0 radical (unpaired) electrons. The average molecular weight is 236 g/mol. The van der Waals surface area contributed by atoms with Crippen molar-refractivity contribution in [2.45, 2.75) is 17.0 Å². The standard InChI is InChI=1S/C10H8N2O3S/c1-6-4-8(12-11-5-6)16-9-3-2-7(15-9)10(13)14/h2-5H,1H3,(H,13,14). The smallest absolute Gasteiger partial charge is 0.371 e. The number of hydrogen-bond acceptors (Lipinski definition) is 5. The number of aryl methyl sites for hydroxylation is 1. The number of nitrogens with zero attached hydrogens (tertiary/aromatic N) is 2. The average Bonchev–Trinajstić information content (AvgIpc) is 2.66. The Morgan fingerprint density at radius 3 is 2.94 bits per heavy atom. The van der Waals surface area contributed by atoms with Gasteiger partial charge in [-0.1, -0.05) is 0 Å². The second kappa shape index (κ2) is 4.36. The summed E-state index contributed by atoms with van der Waals surface area (Å²) < 4.78 is 5.08. The van der Waals surface area contributed by atoms with E-state index in [-0.39, 0.29) is 5.76 Å². The van der Waals surface area contributed by atoms with E-state index in [0.29, 0.717) is 10.1 Å².